The first kappa shape index (κ1) is 18.0. The molecular formula is C20H26N2O2. The maximum atomic E-state index is 12.3. The van der Waals surface area contributed by atoms with E-state index < -0.39 is 0 Å². The van der Waals surface area contributed by atoms with E-state index in [1.54, 1.807) is 17.0 Å². The average molecular weight is 326 g/mol. The molecule has 24 heavy (non-hydrogen) atoms. The van der Waals surface area contributed by atoms with Gasteiger partial charge in [0.25, 0.3) is 0 Å². The van der Waals surface area contributed by atoms with Gasteiger partial charge in [-0.05, 0) is 44.0 Å². The number of carbonyl (C=O) groups is 1. The van der Waals surface area contributed by atoms with Crippen molar-refractivity contribution in [3.8, 4) is 5.75 Å². The van der Waals surface area contributed by atoms with Gasteiger partial charge in [-0.1, -0.05) is 38.0 Å². The minimum absolute atomic E-state index is 0.0212. The Balaban J connectivity index is 1.93. The fourth-order valence-electron chi connectivity index (χ4n) is 2.40. The largest absolute Gasteiger partial charge is 0.494 e. The predicted molar refractivity (Wildman–Crippen MR) is 97.5 cm³/mol. The molecule has 0 fully saturated rings. The number of nitrogens with zero attached hydrogens (tertiary/aromatic N) is 2. The zero-order valence-electron chi connectivity index (χ0n) is 14.8. The molecule has 1 heterocycles. The van der Waals surface area contributed by atoms with Crippen LogP contribution in [0, 0.1) is 6.92 Å². The quantitative estimate of drug-likeness (QED) is 0.382. The molecule has 2 aromatic rings. The number of aryl methyl sites for hydroxylation is 2. The van der Waals surface area contributed by atoms with Gasteiger partial charge in [-0.15, -0.1) is 0 Å². The smallest absolute Gasteiger partial charge is 0.189 e. The first-order chi connectivity index (χ1) is 11.6. The summed E-state index contributed by atoms with van der Waals surface area (Å²) in [4.78, 5) is 12.3. The molecule has 128 valence electrons. The van der Waals surface area contributed by atoms with E-state index in [-0.39, 0.29) is 5.78 Å². The zero-order valence-corrected chi connectivity index (χ0v) is 14.8. The number of rotatable bonds is 9. The summed E-state index contributed by atoms with van der Waals surface area (Å²) in [6, 6.07) is 7.80. The first-order valence-corrected chi connectivity index (χ1v) is 8.63. The van der Waals surface area contributed by atoms with Crippen LogP contribution in [0.1, 0.15) is 54.7 Å². The van der Waals surface area contributed by atoms with E-state index in [1.165, 1.54) is 12.8 Å². The summed E-state index contributed by atoms with van der Waals surface area (Å²) >= 11 is 0. The lowest BCUT2D eigenvalue weighted by atomic mass is 10.1. The highest BCUT2D eigenvalue weighted by molar-refractivity contribution is 6.07. The van der Waals surface area contributed by atoms with E-state index in [0.29, 0.717) is 5.56 Å². The van der Waals surface area contributed by atoms with Crippen molar-refractivity contribution in [2.45, 2.75) is 46.6 Å². The summed E-state index contributed by atoms with van der Waals surface area (Å²) in [6.45, 7) is 7.55. The maximum Gasteiger partial charge on any atom is 0.189 e. The fourth-order valence-corrected chi connectivity index (χ4v) is 2.40. The highest BCUT2D eigenvalue weighted by atomic mass is 16.5. The lowest BCUT2D eigenvalue weighted by molar-refractivity contribution is 0.104. The summed E-state index contributed by atoms with van der Waals surface area (Å²) in [5.41, 5.74) is 2.40. The van der Waals surface area contributed by atoms with Crippen molar-refractivity contribution in [3.63, 3.8) is 0 Å². The standard InChI is InChI=1S/C20H26N2O2/c1-4-6-7-14-24-18-11-8-17(9-12-18)10-13-20(23)19-15-22(5-2)21-16(19)3/h8-13,15H,4-7,14H2,1-3H3/b13-10+. The molecule has 0 aliphatic heterocycles. The van der Waals surface area contributed by atoms with E-state index in [0.717, 1.165) is 36.6 Å². The molecule has 0 aliphatic rings. The van der Waals surface area contributed by atoms with Gasteiger partial charge in [-0.2, -0.15) is 5.10 Å². The predicted octanol–water partition coefficient (Wildman–Crippen LogP) is 4.68. The van der Waals surface area contributed by atoms with E-state index in [9.17, 15) is 4.79 Å². The van der Waals surface area contributed by atoms with Crippen molar-refractivity contribution in [2.24, 2.45) is 0 Å². The third-order valence-electron chi connectivity index (χ3n) is 3.86. The van der Waals surface area contributed by atoms with Crippen LogP contribution in [0.15, 0.2) is 36.5 Å². The van der Waals surface area contributed by atoms with Crippen molar-refractivity contribution < 1.29 is 9.53 Å². The van der Waals surface area contributed by atoms with Gasteiger partial charge in [0.15, 0.2) is 5.78 Å². The minimum atomic E-state index is -0.0212. The molecule has 0 saturated carbocycles. The average Bonchev–Trinajstić information content (AvgIpc) is 2.99. The topological polar surface area (TPSA) is 44.1 Å². The van der Waals surface area contributed by atoms with E-state index in [1.807, 2.05) is 44.2 Å². The molecule has 0 bridgehead atoms. The van der Waals surface area contributed by atoms with E-state index in [4.69, 9.17) is 4.74 Å². The van der Waals surface area contributed by atoms with Crippen molar-refractivity contribution in [3.05, 3.63) is 53.4 Å². The van der Waals surface area contributed by atoms with Crippen LogP contribution in [0.3, 0.4) is 0 Å². The number of allylic oxidation sites excluding steroid dienone is 1. The Kier molecular flexibility index (Phi) is 6.79. The van der Waals surface area contributed by atoms with Crippen molar-refractivity contribution >= 4 is 11.9 Å². The van der Waals surface area contributed by atoms with Crippen molar-refractivity contribution in [1.29, 1.82) is 0 Å². The highest BCUT2D eigenvalue weighted by Crippen LogP contribution is 2.15. The monoisotopic (exact) mass is 326 g/mol. The van der Waals surface area contributed by atoms with Crippen LogP contribution in [-0.4, -0.2) is 22.2 Å². The Morgan fingerprint density at radius 3 is 2.58 bits per heavy atom. The Morgan fingerprint density at radius 1 is 1.21 bits per heavy atom. The summed E-state index contributed by atoms with van der Waals surface area (Å²) < 4.78 is 7.47. The fraction of sp³-hybridized carbons (Fsp3) is 0.400. The molecule has 4 heteroatoms. The van der Waals surface area contributed by atoms with Crippen LogP contribution in [0.25, 0.3) is 6.08 Å². The summed E-state index contributed by atoms with van der Waals surface area (Å²) in [7, 11) is 0. The second kappa shape index (κ2) is 9.06. The number of hydrogen-bond acceptors (Lipinski definition) is 3. The van der Waals surface area contributed by atoms with Gasteiger partial charge >= 0.3 is 0 Å². The molecule has 0 atom stereocenters. The molecule has 1 aromatic heterocycles. The molecule has 1 aromatic carbocycles. The van der Waals surface area contributed by atoms with Crippen LogP contribution < -0.4 is 4.74 Å². The molecule has 0 saturated heterocycles. The number of aromatic nitrogens is 2. The van der Waals surface area contributed by atoms with Crippen molar-refractivity contribution in [2.75, 3.05) is 6.61 Å². The second-order valence-electron chi connectivity index (χ2n) is 5.81. The van der Waals surface area contributed by atoms with Crippen LogP contribution in [0.2, 0.25) is 0 Å². The SMILES string of the molecule is CCCCCOc1ccc(/C=C/C(=O)c2cn(CC)nc2C)cc1. The molecule has 0 N–H and O–H groups in total. The van der Waals surface area contributed by atoms with Crippen LogP contribution in [-0.2, 0) is 6.54 Å². The lowest BCUT2D eigenvalue weighted by Crippen LogP contribution is -1.96. The number of benzene rings is 1. The Bertz CT molecular complexity index is 684. The van der Waals surface area contributed by atoms with Gasteiger partial charge in [0, 0.05) is 12.7 Å². The number of unbranched alkanes of at least 4 members (excludes halogenated alkanes) is 2. The first-order valence-electron chi connectivity index (χ1n) is 8.63. The maximum absolute atomic E-state index is 12.3. The van der Waals surface area contributed by atoms with Crippen LogP contribution in [0.4, 0.5) is 0 Å². The van der Waals surface area contributed by atoms with Gasteiger partial charge < -0.3 is 4.74 Å². The third kappa shape index (κ3) is 5.08. The molecule has 2 rings (SSSR count). The van der Waals surface area contributed by atoms with E-state index in [2.05, 4.69) is 12.0 Å². The van der Waals surface area contributed by atoms with E-state index >= 15 is 0 Å². The number of carbonyl (C=O) groups excluding carboxylic acids is 1. The Labute approximate surface area is 144 Å². The van der Waals surface area contributed by atoms with Crippen LogP contribution >= 0.6 is 0 Å². The van der Waals surface area contributed by atoms with Gasteiger partial charge in [-0.3, -0.25) is 9.48 Å². The molecule has 0 radical (unpaired) electrons. The third-order valence-corrected chi connectivity index (χ3v) is 3.86. The molecule has 0 amide bonds. The van der Waals surface area contributed by atoms with Gasteiger partial charge in [0.05, 0.1) is 17.9 Å². The van der Waals surface area contributed by atoms with Crippen LogP contribution in [0.5, 0.6) is 5.75 Å². The molecule has 0 unspecified atom stereocenters. The van der Waals surface area contributed by atoms with Crippen molar-refractivity contribution in [1.82, 2.24) is 9.78 Å². The minimum Gasteiger partial charge on any atom is -0.494 e. The molecule has 0 spiro atoms. The summed E-state index contributed by atoms with van der Waals surface area (Å²) in [5, 5.41) is 4.30. The number of ether oxygens (including phenoxy) is 1. The Hall–Kier alpha value is -2.36. The van der Waals surface area contributed by atoms with Gasteiger partial charge in [0.2, 0.25) is 0 Å². The molecule has 0 aliphatic carbocycles. The zero-order chi connectivity index (χ0) is 17.4. The number of hydrogen-bond donors (Lipinski definition) is 0. The normalized spacial score (nSPS) is 11.1. The summed E-state index contributed by atoms with van der Waals surface area (Å²) in [5.74, 6) is 0.849. The second-order valence-corrected chi connectivity index (χ2v) is 5.81. The van der Waals surface area contributed by atoms with Gasteiger partial charge in [-0.25, -0.2) is 0 Å². The molecule has 4 nitrogen and oxygen atoms in total. The Morgan fingerprint density at radius 2 is 1.96 bits per heavy atom. The molecular weight excluding hydrogens is 300 g/mol. The van der Waals surface area contributed by atoms with Gasteiger partial charge in [0.1, 0.15) is 5.75 Å². The summed E-state index contributed by atoms with van der Waals surface area (Å²) in [6.07, 6.45) is 8.69. The lowest BCUT2D eigenvalue weighted by Gasteiger charge is -2.05. The number of ketones is 1. The highest BCUT2D eigenvalue weighted by Gasteiger charge is 2.10.